The van der Waals surface area contributed by atoms with Crippen LogP contribution in [0.5, 0.6) is 5.88 Å². The number of nitrogens with zero attached hydrogens (tertiary/aromatic N) is 9. The van der Waals surface area contributed by atoms with Gasteiger partial charge in [0.05, 0.1) is 106 Å². The zero-order valence-electron chi connectivity index (χ0n) is 70.8. The van der Waals surface area contributed by atoms with Gasteiger partial charge >= 0.3 is 0 Å². The third-order valence-electron chi connectivity index (χ3n) is 23.7. The molecule has 0 aliphatic carbocycles. The molecule has 0 spiro atoms. The summed E-state index contributed by atoms with van der Waals surface area (Å²) >= 11 is 0. The molecule has 19 rings (SSSR count). The van der Waals surface area contributed by atoms with Crippen LogP contribution in [0.3, 0.4) is 0 Å². The van der Waals surface area contributed by atoms with Crippen LogP contribution in [-0.2, 0) is 39.3 Å². The number of pyridine rings is 6. The third-order valence-corrected chi connectivity index (χ3v) is 23.7. The number of hydrogen-bond acceptors (Lipinski definition) is 4. The van der Waals surface area contributed by atoms with E-state index in [1.54, 1.807) is 0 Å². The van der Waals surface area contributed by atoms with Crippen LogP contribution in [0.1, 0.15) is 66.5 Å². The Morgan fingerprint density at radius 3 is 0.693 bits per heavy atom. The lowest BCUT2D eigenvalue weighted by Crippen LogP contribution is -2.34. The van der Waals surface area contributed by atoms with E-state index in [9.17, 15) is 5.11 Å². The molecule has 4 N–H and O–H groups in total. The summed E-state index contributed by atoms with van der Waals surface area (Å²) in [7, 11) is 0. The van der Waals surface area contributed by atoms with E-state index in [1.807, 2.05) is 0 Å². The number of halogens is 24. The first-order valence-corrected chi connectivity index (χ1v) is 41.7. The van der Waals surface area contributed by atoms with E-state index in [1.165, 1.54) is 184 Å². The van der Waals surface area contributed by atoms with Crippen molar-refractivity contribution in [3.8, 4) is 72.6 Å². The molecule has 12 bridgehead atoms. The average Bonchev–Trinajstić information content (AvgIpc) is 1.57. The summed E-state index contributed by atoms with van der Waals surface area (Å²) in [6.45, 7) is -6.20. The molecule has 3 aliphatic heterocycles. The number of hydrogen-bond donors (Lipinski definition) is 4. The van der Waals surface area contributed by atoms with Gasteiger partial charge in [-0.05, 0) is 60.7 Å². The van der Waals surface area contributed by atoms with Gasteiger partial charge in [-0.3, -0.25) is 4.79 Å². The molecular formula is C102H56F24N12O2+6. The predicted octanol–water partition coefficient (Wildman–Crippen LogP) is 20.9. The molecule has 6 aromatic carbocycles. The Kier molecular flexibility index (Phi) is 24.1. The quantitative estimate of drug-likeness (QED) is 0.0385. The van der Waals surface area contributed by atoms with Crippen LogP contribution in [0, 0.1) is 140 Å². The molecule has 1 amide bonds. The number of aromatic nitrogens is 11. The first-order valence-electron chi connectivity index (χ1n) is 41.7. The van der Waals surface area contributed by atoms with E-state index in [0.717, 1.165) is 27.4 Å². The van der Waals surface area contributed by atoms with Crippen molar-refractivity contribution >= 4 is 63.2 Å². The van der Waals surface area contributed by atoms with E-state index in [-0.39, 0.29) is 6.07 Å². The number of amides is 1. The number of carbonyl (C=O) groups is 1. The van der Waals surface area contributed by atoms with Crippen molar-refractivity contribution in [1.29, 1.82) is 0 Å². The highest BCUT2D eigenvalue weighted by atomic mass is 19.2. The summed E-state index contributed by atoms with van der Waals surface area (Å²) in [5, 5.41) is 10.00. The van der Waals surface area contributed by atoms with Crippen molar-refractivity contribution in [1.82, 2.24) is 24.9 Å². The second kappa shape index (κ2) is 36.6. The Balaban J connectivity index is 1.04. The van der Waals surface area contributed by atoms with Gasteiger partial charge in [0.1, 0.15) is 0 Å². The first kappa shape index (κ1) is 92.1. The van der Waals surface area contributed by atoms with E-state index in [0.29, 0.717) is 54.6 Å². The van der Waals surface area contributed by atoms with Gasteiger partial charge in [-0.15, -0.1) is 0 Å². The van der Waals surface area contributed by atoms with E-state index in [2.05, 4.69) is 29.9 Å². The highest BCUT2D eigenvalue weighted by molar-refractivity contribution is 6.08. The number of aromatic hydroxyl groups is 1. The fourth-order valence-electron chi connectivity index (χ4n) is 17.1. The number of benzene rings is 6. The number of nitrogens with one attached hydrogen (secondary N) is 3. The molecule has 13 heterocycles. The maximum Gasteiger partial charge on any atom is 0.278 e. The Hall–Kier alpha value is -17.0. The number of H-pyrrole nitrogens is 3. The lowest BCUT2D eigenvalue weighted by atomic mass is 9.96. The summed E-state index contributed by atoms with van der Waals surface area (Å²) in [4.78, 5) is 35.2. The number of aromatic amines is 3. The molecule has 38 heteroatoms. The second-order valence-electron chi connectivity index (χ2n) is 32.0. The summed E-state index contributed by atoms with van der Waals surface area (Å²) in [6.07, 6.45) is 16.6. The predicted molar refractivity (Wildman–Crippen MR) is 455 cm³/mol. The highest BCUT2D eigenvalue weighted by Crippen LogP contribution is 2.49. The van der Waals surface area contributed by atoms with Gasteiger partial charge in [-0.1, -0.05) is 36.4 Å². The average molecular weight is 1940 g/mol. The summed E-state index contributed by atoms with van der Waals surface area (Å²) in [5.41, 5.74) is -40.9. The Bertz CT molecular complexity index is 8270. The van der Waals surface area contributed by atoms with Crippen LogP contribution in [0.2, 0.25) is 0 Å². The van der Waals surface area contributed by atoms with Gasteiger partial charge < -0.3 is 20.1 Å². The molecule has 0 unspecified atom stereocenters. The Labute approximate surface area is 770 Å². The van der Waals surface area contributed by atoms with Crippen molar-refractivity contribution in [2.24, 2.45) is 4.99 Å². The molecular weight excluding hydrogens is 1880 g/mol. The number of carbonyl (C=O) groups excluding carboxylic acids is 1. The van der Waals surface area contributed by atoms with E-state index in [4.69, 9.17) is 0 Å². The van der Waals surface area contributed by atoms with Gasteiger partial charge in [0, 0.05) is 134 Å². The van der Waals surface area contributed by atoms with E-state index < -0.39 is 357 Å². The zero-order valence-corrected chi connectivity index (χ0v) is 70.8. The SMILES string of the molecule is O=C1N=c2cc1c(-c1c(F)c(F)c(C[n+]3ccccc3)c(F)c1F)c1ccc([nH]1)c(-c1c(F)c(F)c(C[n+]3ccccc3)c(F)c1F)c1nc(c(-c3c(F)c(F)c(C[n+]4ccccc4)c(F)c3F)c3cc(c(O)[nH]3)c(-c3c(F)c(F)c(C[n+]4ccccc4)c(F)c3F)c3ccc([nH]3)c(-c3c(F)c(F)c(C[n+]4ccccc4)c(F)c3F)c3nc(c2-c2c(F)c(F)c(C[n+]4ccccc4)c(F)c2F)C=C3)C=C1. The summed E-state index contributed by atoms with van der Waals surface area (Å²) in [6, 6.07) is 27.6. The fourth-order valence-corrected chi connectivity index (χ4v) is 17.1. The summed E-state index contributed by atoms with van der Waals surface area (Å²) < 4.78 is 433. The molecule has 140 heavy (non-hydrogen) atoms. The topological polar surface area (TPSA) is 146 Å². The molecule has 10 aromatic heterocycles. The smallest absolute Gasteiger partial charge is 0.278 e. The molecule has 0 saturated carbocycles. The minimum atomic E-state index is -2.46. The first-order chi connectivity index (χ1) is 67.3. The second-order valence-corrected chi connectivity index (χ2v) is 32.0. The van der Waals surface area contributed by atoms with Gasteiger partial charge in [0.25, 0.3) is 5.91 Å². The van der Waals surface area contributed by atoms with Crippen molar-refractivity contribution < 1.29 is 143 Å². The molecule has 14 nitrogen and oxygen atoms in total. The number of rotatable bonds is 18. The summed E-state index contributed by atoms with van der Waals surface area (Å²) in [5.74, 6) is -59.6. The lowest BCUT2D eigenvalue weighted by molar-refractivity contribution is -0.689. The van der Waals surface area contributed by atoms with Crippen LogP contribution in [-0.4, -0.2) is 35.9 Å². The van der Waals surface area contributed by atoms with Gasteiger partial charge in [0.15, 0.2) is 259 Å². The van der Waals surface area contributed by atoms with Crippen molar-refractivity contribution in [3.63, 3.8) is 0 Å². The van der Waals surface area contributed by atoms with Gasteiger partial charge in [-0.25, -0.2) is 148 Å². The van der Waals surface area contributed by atoms with Crippen LogP contribution >= 0.6 is 0 Å². The third kappa shape index (κ3) is 15.9. The van der Waals surface area contributed by atoms with E-state index >= 15 is 110 Å². The Morgan fingerprint density at radius 2 is 0.436 bits per heavy atom. The molecule has 0 saturated heterocycles. The van der Waals surface area contributed by atoms with Gasteiger partial charge in [0.2, 0.25) is 0 Å². The van der Waals surface area contributed by atoms with Crippen molar-refractivity contribution in [2.45, 2.75) is 39.3 Å². The number of fused-ring (bicyclic) bond motifs is 12. The monoisotopic (exact) mass is 1940 g/mol. The molecule has 16 aromatic rings. The van der Waals surface area contributed by atoms with Crippen LogP contribution < -0.4 is 32.8 Å². The minimum absolute atomic E-state index is 0.271. The van der Waals surface area contributed by atoms with Gasteiger partial charge in [-0.2, -0.15) is 0 Å². The normalized spacial score (nSPS) is 12.1. The van der Waals surface area contributed by atoms with Crippen LogP contribution in [0.4, 0.5) is 105 Å². The van der Waals surface area contributed by atoms with Crippen LogP contribution in [0.15, 0.2) is 225 Å². The molecule has 3 aliphatic rings. The van der Waals surface area contributed by atoms with Crippen molar-refractivity contribution in [3.05, 3.63) is 427 Å². The largest absolute Gasteiger partial charge is 0.494 e. The highest BCUT2D eigenvalue weighted by Gasteiger charge is 2.41. The fraction of sp³-hybridized carbons (Fsp3) is 0.0588. The Morgan fingerprint density at radius 1 is 0.229 bits per heavy atom. The molecule has 698 valence electrons. The maximum atomic E-state index is 18.1. The lowest BCUT2D eigenvalue weighted by Gasteiger charge is -2.13. The zero-order chi connectivity index (χ0) is 98.6. The minimum Gasteiger partial charge on any atom is -0.494 e. The van der Waals surface area contributed by atoms with Crippen LogP contribution in [0.25, 0.3) is 124 Å². The maximum absolute atomic E-state index is 18.1. The molecule has 0 radical (unpaired) electrons. The molecule has 0 fully saturated rings. The van der Waals surface area contributed by atoms with Crippen molar-refractivity contribution in [2.75, 3.05) is 0 Å². The molecule has 0 atom stereocenters. The standard InChI is InChI=1S/C102H54F24N12O2/c103-77-49(41-133-27-7-1-8-28-133)78(104)90(116)71(89(77)115)65-47-39-63(131-101(47)139)69(75-97(123)85(111)53(86(112)98(75)124)45-137-35-15-5-16-36-137)61-25-24-60(130-61)68(74-95(121)83(109)52(84(110)96(74)122)44-136-33-13-4-14-34-136)58-22-20-56(128-58)66(72-91(117)79(105)50(80(106)92(72)118)42-134-29-9-2-10-30-134)48-40-64(132-102(48)140)70(76-99(125)87(113)54(88(114)100(76)126)46-138-37-17-6-18-38-138)62-26-23-59(129-62)67(57-21-19-55(65)127-57)73-93(119)81(107)51(82(108)94(73)120)43-135-31-11-3-12-32-135/h1-40H,41-46H2,(H2-2,127,128,129,130,131,132,139,140)/q+4/p+2.